The number of likely N-dealkylation sites (tertiary alicyclic amines) is 1. The lowest BCUT2D eigenvalue weighted by Crippen LogP contribution is -2.44. The fourth-order valence-corrected chi connectivity index (χ4v) is 2.64. The van der Waals surface area contributed by atoms with E-state index in [1.807, 2.05) is 12.4 Å². The SMILES string of the molecule is CCC1(CO)CCCN(Cc2cncnc2)C1. The largest absolute Gasteiger partial charge is 0.396 e. The molecular formula is C13H21N3O. The molecule has 0 aliphatic carbocycles. The van der Waals surface area contributed by atoms with Crippen molar-refractivity contribution in [2.75, 3.05) is 19.7 Å². The van der Waals surface area contributed by atoms with E-state index < -0.39 is 0 Å². The maximum absolute atomic E-state index is 9.57. The fraction of sp³-hybridized carbons (Fsp3) is 0.692. The Bertz CT molecular complexity index is 338. The van der Waals surface area contributed by atoms with Gasteiger partial charge in [0.15, 0.2) is 0 Å². The lowest BCUT2D eigenvalue weighted by Gasteiger charge is -2.41. The average molecular weight is 235 g/mol. The van der Waals surface area contributed by atoms with Gasteiger partial charge >= 0.3 is 0 Å². The van der Waals surface area contributed by atoms with Gasteiger partial charge in [-0.15, -0.1) is 0 Å². The van der Waals surface area contributed by atoms with Crippen LogP contribution in [-0.4, -0.2) is 39.7 Å². The molecule has 0 radical (unpaired) electrons. The molecule has 2 heterocycles. The Morgan fingerprint density at radius 1 is 1.41 bits per heavy atom. The maximum atomic E-state index is 9.57. The van der Waals surface area contributed by atoms with Crippen LogP contribution in [0.5, 0.6) is 0 Å². The van der Waals surface area contributed by atoms with Crippen LogP contribution in [0.4, 0.5) is 0 Å². The van der Waals surface area contributed by atoms with Crippen molar-refractivity contribution in [1.82, 2.24) is 14.9 Å². The number of piperidine rings is 1. The number of aliphatic hydroxyl groups is 1. The van der Waals surface area contributed by atoms with Gasteiger partial charge in [-0.3, -0.25) is 4.90 Å². The molecule has 1 atom stereocenters. The smallest absolute Gasteiger partial charge is 0.115 e. The van der Waals surface area contributed by atoms with Crippen LogP contribution in [0.2, 0.25) is 0 Å². The Kier molecular flexibility index (Phi) is 4.07. The number of aliphatic hydroxyl groups excluding tert-OH is 1. The van der Waals surface area contributed by atoms with Gasteiger partial charge in [0, 0.05) is 43.1 Å². The number of aromatic nitrogens is 2. The minimum atomic E-state index is 0.105. The zero-order chi connectivity index (χ0) is 12.1. The topological polar surface area (TPSA) is 49.2 Å². The van der Waals surface area contributed by atoms with Gasteiger partial charge in [0.05, 0.1) is 0 Å². The molecule has 1 aromatic heterocycles. The molecule has 0 spiro atoms. The molecule has 94 valence electrons. The summed E-state index contributed by atoms with van der Waals surface area (Å²) in [6.45, 7) is 5.45. The summed E-state index contributed by atoms with van der Waals surface area (Å²) < 4.78 is 0. The molecule has 1 aliphatic rings. The first-order valence-corrected chi connectivity index (χ1v) is 6.35. The molecular weight excluding hydrogens is 214 g/mol. The Morgan fingerprint density at radius 3 is 2.82 bits per heavy atom. The number of nitrogens with zero attached hydrogens (tertiary/aromatic N) is 3. The summed E-state index contributed by atoms with van der Waals surface area (Å²) in [4.78, 5) is 10.5. The van der Waals surface area contributed by atoms with Crippen molar-refractivity contribution >= 4 is 0 Å². The molecule has 17 heavy (non-hydrogen) atoms. The van der Waals surface area contributed by atoms with Gasteiger partial charge in [-0.25, -0.2) is 9.97 Å². The Labute approximate surface area is 103 Å². The van der Waals surface area contributed by atoms with E-state index in [9.17, 15) is 5.11 Å². The van der Waals surface area contributed by atoms with Crippen LogP contribution >= 0.6 is 0 Å². The predicted octanol–water partition coefficient (Wildman–Crippen LogP) is 1.46. The molecule has 0 bridgehead atoms. The Morgan fingerprint density at radius 2 is 2.18 bits per heavy atom. The Balaban J connectivity index is 1.98. The predicted molar refractivity (Wildman–Crippen MR) is 66.4 cm³/mol. The van der Waals surface area contributed by atoms with Crippen LogP contribution in [0, 0.1) is 5.41 Å². The highest BCUT2D eigenvalue weighted by Crippen LogP contribution is 2.33. The summed E-state index contributed by atoms with van der Waals surface area (Å²) >= 11 is 0. The van der Waals surface area contributed by atoms with Gasteiger partial charge in [-0.05, 0) is 25.8 Å². The summed E-state index contributed by atoms with van der Waals surface area (Å²) in [5, 5.41) is 9.57. The quantitative estimate of drug-likeness (QED) is 0.858. The summed E-state index contributed by atoms with van der Waals surface area (Å²) in [5.41, 5.74) is 1.26. The van der Waals surface area contributed by atoms with E-state index in [4.69, 9.17) is 0 Å². The average Bonchev–Trinajstić information content (AvgIpc) is 2.40. The minimum Gasteiger partial charge on any atom is -0.396 e. The Hall–Kier alpha value is -1.00. The highest BCUT2D eigenvalue weighted by molar-refractivity contribution is 5.02. The molecule has 1 saturated heterocycles. The molecule has 1 aliphatic heterocycles. The van der Waals surface area contributed by atoms with Crippen LogP contribution in [0.3, 0.4) is 0 Å². The van der Waals surface area contributed by atoms with E-state index in [1.165, 1.54) is 6.42 Å². The third-order valence-corrected chi connectivity index (χ3v) is 3.85. The van der Waals surface area contributed by atoms with Crippen molar-refractivity contribution in [3.8, 4) is 0 Å². The molecule has 1 aromatic rings. The van der Waals surface area contributed by atoms with Gasteiger partial charge < -0.3 is 5.11 Å². The second-order valence-electron chi connectivity index (χ2n) is 5.07. The van der Waals surface area contributed by atoms with E-state index in [0.717, 1.165) is 38.0 Å². The monoisotopic (exact) mass is 235 g/mol. The van der Waals surface area contributed by atoms with Crippen LogP contribution < -0.4 is 0 Å². The number of rotatable bonds is 4. The van der Waals surface area contributed by atoms with E-state index in [1.54, 1.807) is 6.33 Å². The normalized spacial score (nSPS) is 26.0. The van der Waals surface area contributed by atoms with Gasteiger partial charge in [-0.1, -0.05) is 6.92 Å². The summed E-state index contributed by atoms with van der Waals surface area (Å²) in [5.74, 6) is 0. The molecule has 1 N–H and O–H groups in total. The van der Waals surface area contributed by atoms with Crippen molar-refractivity contribution in [3.05, 3.63) is 24.3 Å². The molecule has 4 nitrogen and oxygen atoms in total. The second kappa shape index (κ2) is 5.56. The summed E-state index contributed by atoms with van der Waals surface area (Å²) in [6, 6.07) is 0. The highest BCUT2D eigenvalue weighted by atomic mass is 16.3. The van der Waals surface area contributed by atoms with Crippen molar-refractivity contribution in [2.45, 2.75) is 32.7 Å². The zero-order valence-corrected chi connectivity index (χ0v) is 10.5. The molecule has 0 aromatic carbocycles. The van der Waals surface area contributed by atoms with Crippen molar-refractivity contribution in [2.24, 2.45) is 5.41 Å². The first-order chi connectivity index (χ1) is 8.28. The van der Waals surface area contributed by atoms with E-state index >= 15 is 0 Å². The lowest BCUT2D eigenvalue weighted by atomic mass is 9.78. The first-order valence-electron chi connectivity index (χ1n) is 6.35. The molecule has 1 unspecified atom stereocenters. The first kappa shape index (κ1) is 12.5. The van der Waals surface area contributed by atoms with Gasteiger partial charge in [-0.2, -0.15) is 0 Å². The third-order valence-electron chi connectivity index (χ3n) is 3.85. The van der Waals surface area contributed by atoms with E-state index in [-0.39, 0.29) is 5.41 Å². The molecule has 1 fully saturated rings. The van der Waals surface area contributed by atoms with E-state index in [2.05, 4.69) is 21.8 Å². The van der Waals surface area contributed by atoms with Gasteiger partial charge in [0.25, 0.3) is 0 Å². The van der Waals surface area contributed by atoms with Crippen LogP contribution in [0.1, 0.15) is 31.7 Å². The zero-order valence-electron chi connectivity index (χ0n) is 10.5. The molecule has 4 heteroatoms. The van der Waals surface area contributed by atoms with Crippen LogP contribution in [0.25, 0.3) is 0 Å². The van der Waals surface area contributed by atoms with Crippen LogP contribution in [-0.2, 0) is 6.54 Å². The fourth-order valence-electron chi connectivity index (χ4n) is 2.64. The van der Waals surface area contributed by atoms with Crippen molar-refractivity contribution in [1.29, 1.82) is 0 Å². The van der Waals surface area contributed by atoms with Gasteiger partial charge in [0.2, 0.25) is 0 Å². The number of hydrogen-bond acceptors (Lipinski definition) is 4. The second-order valence-corrected chi connectivity index (χ2v) is 5.07. The highest BCUT2D eigenvalue weighted by Gasteiger charge is 2.33. The molecule has 2 rings (SSSR count). The van der Waals surface area contributed by atoms with Crippen molar-refractivity contribution < 1.29 is 5.11 Å². The van der Waals surface area contributed by atoms with Crippen molar-refractivity contribution in [3.63, 3.8) is 0 Å². The standard InChI is InChI=1S/C13H21N3O/c1-2-13(10-17)4-3-5-16(9-13)8-12-6-14-11-15-7-12/h6-7,11,17H,2-5,8-10H2,1H3. The maximum Gasteiger partial charge on any atom is 0.115 e. The molecule has 0 amide bonds. The van der Waals surface area contributed by atoms with E-state index in [0.29, 0.717) is 6.61 Å². The lowest BCUT2D eigenvalue weighted by molar-refractivity contribution is 0.0257. The summed E-state index contributed by atoms with van der Waals surface area (Å²) in [7, 11) is 0. The number of hydrogen-bond donors (Lipinski definition) is 1. The third kappa shape index (κ3) is 3.01. The van der Waals surface area contributed by atoms with Gasteiger partial charge in [0.1, 0.15) is 6.33 Å². The minimum absolute atomic E-state index is 0.105. The van der Waals surface area contributed by atoms with Crippen LogP contribution in [0.15, 0.2) is 18.7 Å². The summed E-state index contributed by atoms with van der Waals surface area (Å²) in [6.07, 6.45) is 8.65. The molecule has 0 saturated carbocycles.